The first-order valence-corrected chi connectivity index (χ1v) is 10.7. The maximum Gasteiger partial charge on any atom is 0.191 e. The third kappa shape index (κ3) is 7.57. The van der Waals surface area contributed by atoms with Gasteiger partial charge in [-0.1, -0.05) is 36.4 Å². The minimum atomic E-state index is 0. The third-order valence-electron chi connectivity index (χ3n) is 5.51. The van der Waals surface area contributed by atoms with E-state index >= 15 is 0 Å². The fourth-order valence-electron chi connectivity index (χ4n) is 3.74. The average Bonchev–Trinajstić information content (AvgIpc) is 3.31. The lowest BCUT2D eigenvalue weighted by Gasteiger charge is -2.19. The van der Waals surface area contributed by atoms with Crippen molar-refractivity contribution in [2.75, 3.05) is 27.3 Å². The zero-order valence-electron chi connectivity index (χ0n) is 18.3. The summed E-state index contributed by atoms with van der Waals surface area (Å²) < 4.78 is 11.7. The van der Waals surface area contributed by atoms with Crippen molar-refractivity contribution < 1.29 is 14.6 Å². The molecule has 1 unspecified atom stereocenters. The van der Waals surface area contributed by atoms with Crippen LogP contribution in [-0.2, 0) is 6.54 Å². The summed E-state index contributed by atoms with van der Waals surface area (Å²) in [6.45, 7) is 1.28. The topological polar surface area (TPSA) is 75.1 Å². The molecule has 0 bridgehead atoms. The van der Waals surface area contributed by atoms with Crippen molar-refractivity contribution in [1.29, 1.82) is 0 Å². The Kier molecular flexibility index (Phi) is 10.9. The van der Waals surface area contributed by atoms with Gasteiger partial charge >= 0.3 is 0 Å². The molecule has 1 aliphatic carbocycles. The molecule has 0 amide bonds. The van der Waals surface area contributed by atoms with E-state index in [9.17, 15) is 5.11 Å². The number of methoxy groups -OCH3 is 1. The number of rotatable bonds is 9. The number of aliphatic hydroxyl groups excluding tert-OH is 1. The molecule has 0 spiro atoms. The van der Waals surface area contributed by atoms with Crippen LogP contribution in [0, 0.1) is 0 Å². The zero-order chi connectivity index (χ0) is 21.2. The summed E-state index contributed by atoms with van der Waals surface area (Å²) in [5, 5.41) is 16.4. The molecule has 3 rings (SSSR count). The number of ether oxygens (including phenoxy) is 2. The van der Waals surface area contributed by atoms with Crippen molar-refractivity contribution in [1.82, 2.24) is 10.6 Å². The van der Waals surface area contributed by atoms with Crippen LogP contribution in [0.25, 0.3) is 0 Å². The van der Waals surface area contributed by atoms with Gasteiger partial charge in [-0.2, -0.15) is 0 Å². The summed E-state index contributed by atoms with van der Waals surface area (Å²) >= 11 is 0. The quantitative estimate of drug-likeness (QED) is 0.255. The Bertz CT molecular complexity index is 811. The summed E-state index contributed by atoms with van der Waals surface area (Å²) in [4.78, 5) is 4.29. The molecule has 170 valence electrons. The molecule has 31 heavy (non-hydrogen) atoms. The highest BCUT2D eigenvalue weighted by atomic mass is 127. The van der Waals surface area contributed by atoms with E-state index in [0.29, 0.717) is 25.2 Å². The second-order valence-corrected chi connectivity index (χ2v) is 7.61. The van der Waals surface area contributed by atoms with Crippen molar-refractivity contribution in [3.05, 3.63) is 59.7 Å². The van der Waals surface area contributed by atoms with Gasteiger partial charge in [-0.25, -0.2) is 0 Å². The molecule has 7 heteroatoms. The highest BCUT2D eigenvalue weighted by Crippen LogP contribution is 2.32. The Balaban J connectivity index is 0.00000341. The van der Waals surface area contributed by atoms with Crippen molar-refractivity contribution in [2.24, 2.45) is 4.99 Å². The second-order valence-electron chi connectivity index (χ2n) is 7.61. The molecule has 1 aliphatic rings. The first-order valence-electron chi connectivity index (χ1n) is 10.7. The standard InChI is InChI=1S/C24H33N3O3.HI/c1-25-24(27-16-20(17-28)19-8-4-3-5-9-19)26-15-18-12-13-22(23(14-18)29-2)30-21-10-6-7-11-21;/h3-5,8-9,12-14,20-21,28H,6-7,10-11,15-17H2,1-2H3,(H2,25,26,27);1H. The number of hydrogen-bond donors (Lipinski definition) is 3. The molecule has 0 radical (unpaired) electrons. The van der Waals surface area contributed by atoms with E-state index in [-0.39, 0.29) is 36.5 Å². The Labute approximate surface area is 202 Å². The van der Waals surface area contributed by atoms with Gasteiger partial charge < -0.3 is 25.2 Å². The highest BCUT2D eigenvalue weighted by Gasteiger charge is 2.18. The molecule has 0 aromatic heterocycles. The molecule has 1 fully saturated rings. The fraction of sp³-hybridized carbons (Fsp3) is 0.458. The van der Waals surface area contributed by atoms with Crippen LogP contribution in [0.3, 0.4) is 0 Å². The van der Waals surface area contributed by atoms with Gasteiger partial charge in [0.05, 0.1) is 19.8 Å². The maximum atomic E-state index is 9.73. The minimum Gasteiger partial charge on any atom is -0.493 e. The minimum absolute atomic E-state index is 0. The third-order valence-corrected chi connectivity index (χ3v) is 5.51. The first kappa shape index (κ1) is 25.3. The number of aliphatic imine (C=N–C) groups is 1. The Morgan fingerprint density at radius 1 is 1.10 bits per heavy atom. The van der Waals surface area contributed by atoms with Gasteiger partial charge in [0.1, 0.15) is 0 Å². The number of hydrogen-bond acceptors (Lipinski definition) is 4. The fourth-order valence-corrected chi connectivity index (χ4v) is 3.74. The van der Waals surface area contributed by atoms with E-state index in [1.165, 1.54) is 12.8 Å². The number of aliphatic hydroxyl groups is 1. The lowest BCUT2D eigenvalue weighted by Crippen LogP contribution is -2.39. The van der Waals surface area contributed by atoms with Crippen LogP contribution >= 0.6 is 24.0 Å². The molecular weight excluding hydrogens is 505 g/mol. The van der Waals surface area contributed by atoms with Gasteiger partial charge in [-0.05, 0) is 48.9 Å². The smallest absolute Gasteiger partial charge is 0.191 e. The van der Waals surface area contributed by atoms with E-state index in [2.05, 4.69) is 15.6 Å². The average molecular weight is 539 g/mol. The van der Waals surface area contributed by atoms with Crippen LogP contribution < -0.4 is 20.1 Å². The molecule has 1 saturated carbocycles. The van der Waals surface area contributed by atoms with Crippen LogP contribution in [0.4, 0.5) is 0 Å². The molecule has 0 saturated heterocycles. The van der Waals surface area contributed by atoms with Crippen LogP contribution in [0.5, 0.6) is 11.5 Å². The summed E-state index contributed by atoms with van der Waals surface area (Å²) in [5.74, 6) is 2.27. The van der Waals surface area contributed by atoms with E-state index in [0.717, 1.165) is 35.5 Å². The van der Waals surface area contributed by atoms with Gasteiger partial charge in [0.2, 0.25) is 0 Å². The first-order chi connectivity index (χ1) is 14.7. The van der Waals surface area contributed by atoms with E-state index < -0.39 is 0 Å². The van der Waals surface area contributed by atoms with E-state index in [4.69, 9.17) is 9.47 Å². The normalized spacial score (nSPS) is 15.1. The number of halogens is 1. The van der Waals surface area contributed by atoms with Crippen molar-refractivity contribution >= 4 is 29.9 Å². The highest BCUT2D eigenvalue weighted by molar-refractivity contribution is 14.0. The molecule has 6 nitrogen and oxygen atoms in total. The van der Waals surface area contributed by atoms with Crippen LogP contribution in [-0.4, -0.2) is 44.5 Å². The summed E-state index contributed by atoms with van der Waals surface area (Å²) in [6.07, 6.45) is 5.01. The van der Waals surface area contributed by atoms with Crippen molar-refractivity contribution in [3.8, 4) is 11.5 Å². The monoisotopic (exact) mass is 539 g/mol. The van der Waals surface area contributed by atoms with Crippen LogP contribution in [0.15, 0.2) is 53.5 Å². The number of nitrogens with zero attached hydrogens (tertiary/aromatic N) is 1. The van der Waals surface area contributed by atoms with Gasteiger partial charge in [-0.3, -0.25) is 4.99 Å². The Morgan fingerprint density at radius 2 is 1.84 bits per heavy atom. The summed E-state index contributed by atoms with van der Waals surface area (Å²) in [7, 11) is 3.41. The number of guanidine groups is 1. The predicted molar refractivity (Wildman–Crippen MR) is 136 cm³/mol. The van der Waals surface area contributed by atoms with Gasteiger partial charge in [-0.15, -0.1) is 24.0 Å². The Morgan fingerprint density at radius 3 is 2.48 bits per heavy atom. The molecule has 2 aromatic carbocycles. The SMILES string of the molecule is CN=C(NCc1ccc(OC2CCCC2)c(OC)c1)NCC(CO)c1ccccc1.I. The summed E-state index contributed by atoms with van der Waals surface area (Å²) in [6, 6.07) is 16.0. The van der Waals surface area contributed by atoms with Crippen LogP contribution in [0.2, 0.25) is 0 Å². The van der Waals surface area contributed by atoms with E-state index in [1.807, 2.05) is 48.5 Å². The molecule has 0 aliphatic heterocycles. The van der Waals surface area contributed by atoms with Gasteiger partial charge in [0.25, 0.3) is 0 Å². The molecule has 1 atom stereocenters. The zero-order valence-corrected chi connectivity index (χ0v) is 20.7. The van der Waals surface area contributed by atoms with Crippen molar-refractivity contribution in [2.45, 2.75) is 44.2 Å². The van der Waals surface area contributed by atoms with E-state index in [1.54, 1.807) is 14.2 Å². The lowest BCUT2D eigenvalue weighted by molar-refractivity contribution is 0.200. The van der Waals surface area contributed by atoms with Gasteiger partial charge in [0, 0.05) is 26.1 Å². The number of benzene rings is 2. The molecule has 3 N–H and O–H groups in total. The van der Waals surface area contributed by atoms with Gasteiger partial charge in [0.15, 0.2) is 17.5 Å². The molecule has 0 heterocycles. The largest absolute Gasteiger partial charge is 0.493 e. The summed E-state index contributed by atoms with van der Waals surface area (Å²) in [5.41, 5.74) is 2.18. The number of nitrogens with one attached hydrogen (secondary N) is 2. The molecular formula is C24H34IN3O3. The predicted octanol–water partition coefficient (Wildman–Crippen LogP) is 4.08. The molecule has 2 aromatic rings. The maximum absolute atomic E-state index is 9.73. The van der Waals surface area contributed by atoms with Crippen LogP contribution in [0.1, 0.15) is 42.7 Å². The lowest BCUT2D eigenvalue weighted by atomic mass is 10.0. The van der Waals surface area contributed by atoms with Crippen molar-refractivity contribution in [3.63, 3.8) is 0 Å². The second kappa shape index (κ2) is 13.4. The Hall–Kier alpha value is -2.00.